The number of sulfonamides is 1. The van der Waals surface area contributed by atoms with Crippen molar-refractivity contribution < 1.29 is 12.6 Å². The van der Waals surface area contributed by atoms with Gasteiger partial charge in [-0.1, -0.05) is 6.92 Å². The van der Waals surface area contributed by atoms with Crippen molar-refractivity contribution in [1.82, 2.24) is 4.72 Å². The minimum Gasteiger partial charge on any atom is -0.398 e. The molecule has 0 bridgehead atoms. The highest BCUT2D eigenvalue weighted by Crippen LogP contribution is 2.19. The van der Waals surface area contributed by atoms with Gasteiger partial charge in [0.25, 0.3) is 0 Å². The summed E-state index contributed by atoms with van der Waals surface area (Å²) in [6.07, 6.45) is 0. The SMILES string of the molecule is CCS(=O)CCNS(=O)(=O)c1ccc(C#N)cc1N. The van der Waals surface area contributed by atoms with Gasteiger partial charge >= 0.3 is 0 Å². The number of benzene rings is 1. The molecule has 0 aromatic heterocycles. The third kappa shape index (κ3) is 4.31. The highest BCUT2D eigenvalue weighted by atomic mass is 32.2. The third-order valence-corrected chi connectivity index (χ3v) is 5.21. The summed E-state index contributed by atoms with van der Waals surface area (Å²) in [6.45, 7) is 1.85. The molecule has 0 saturated carbocycles. The molecule has 1 unspecified atom stereocenters. The molecule has 6 nitrogen and oxygen atoms in total. The number of rotatable bonds is 6. The minimum absolute atomic E-state index is 0.0168. The maximum absolute atomic E-state index is 11.9. The number of nitrogens with zero attached hydrogens (tertiary/aromatic N) is 1. The molecule has 0 amide bonds. The van der Waals surface area contributed by atoms with E-state index >= 15 is 0 Å². The monoisotopic (exact) mass is 301 g/mol. The van der Waals surface area contributed by atoms with E-state index < -0.39 is 20.8 Å². The van der Waals surface area contributed by atoms with Gasteiger partial charge in [0, 0.05) is 28.9 Å². The summed E-state index contributed by atoms with van der Waals surface area (Å²) < 4.78 is 37.4. The van der Waals surface area contributed by atoms with Gasteiger partial charge in [-0.2, -0.15) is 5.26 Å². The molecular formula is C11H15N3O3S2. The minimum atomic E-state index is -3.74. The van der Waals surface area contributed by atoms with Gasteiger partial charge in [0.2, 0.25) is 10.0 Å². The van der Waals surface area contributed by atoms with Crippen molar-refractivity contribution in [3.05, 3.63) is 23.8 Å². The van der Waals surface area contributed by atoms with Crippen molar-refractivity contribution >= 4 is 26.5 Å². The molecule has 0 heterocycles. The Kier molecular flexibility index (Phi) is 5.47. The first-order chi connectivity index (χ1) is 8.90. The van der Waals surface area contributed by atoms with E-state index in [1.54, 1.807) is 6.92 Å². The second-order valence-electron chi connectivity index (χ2n) is 3.69. The van der Waals surface area contributed by atoms with Gasteiger partial charge in [-0.15, -0.1) is 0 Å². The van der Waals surface area contributed by atoms with Crippen LogP contribution in [0.4, 0.5) is 5.69 Å². The zero-order valence-corrected chi connectivity index (χ0v) is 12.1. The van der Waals surface area contributed by atoms with Crippen molar-refractivity contribution in [2.75, 3.05) is 23.8 Å². The van der Waals surface area contributed by atoms with Crippen LogP contribution in [0.5, 0.6) is 0 Å². The van der Waals surface area contributed by atoms with E-state index in [-0.39, 0.29) is 22.9 Å². The van der Waals surface area contributed by atoms with Gasteiger partial charge in [-0.3, -0.25) is 4.21 Å². The summed E-state index contributed by atoms with van der Waals surface area (Å²) >= 11 is 0. The average Bonchev–Trinajstić information content (AvgIpc) is 2.37. The van der Waals surface area contributed by atoms with Gasteiger partial charge in [-0.05, 0) is 18.2 Å². The lowest BCUT2D eigenvalue weighted by Crippen LogP contribution is -2.28. The van der Waals surface area contributed by atoms with Crippen molar-refractivity contribution in [2.45, 2.75) is 11.8 Å². The summed E-state index contributed by atoms with van der Waals surface area (Å²) in [5, 5.41) is 8.68. The van der Waals surface area contributed by atoms with Crippen LogP contribution in [0.2, 0.25) is 0 Å². The van der Waals surface area contributed by atoms with Gasteiger partial charge in [0.15, 0.2) is 0 Å². The molecule has 8 heteroatoms. The van der Waals surface area contributed by atoms with Crippen LogP contribution >= 0.6 is 0 Å². The number of anilines is 1. The number of nitriles is 1. The Morgan fingerprint density at radius 2 is 2.16 bits per heavy atom. The number of nitrogens with two attached hydrogens (primary N) is 1. The van der Waals surface area contributed by atoms with E-state index in [1.807, 2.05) is 6.07 Å². The number of nitrogen functional groups attached to an aromatic ring is 1. The summed E-state index contributed by atoms with van der Waals surface area (Å²) in [6, 6.07) is 5.85. The molecule has 0 aliphatic carbocycles. The topological polar surface area (TPSA) is 113 Å². The van der Waals surface area contributed by atoms with E-state index in [4.69, 9.17) is 11.0 Å². The van der Waals surface area contributed by atoms with E-state index in [1.165, 1.54) is 18.2 Å². The van der Waals surface area contributed by atoms with Crippen molar-refractivity contribution in [3.8, 4) is 6.07 Å². The summed E-state index contributed by atoms with van der Waals surface area (Å²) in [4.78, 5) is -0.0752. The predicted molar refractivity (Wildman–Crippen MR) is 74.3 cm³/mol. The fourth-order valence-corrected chi connectivity index (χ4v) is 3.27. The number of nitrogens with one attached hydrogen (secondary N) is 1. The molecule has 19 heavy (non-hydrogen) atoms. The molecule has 1 atom stereocenters. The standard InChI is InChI=1S/C11H15N3O3S2/c1-2-18(15)6-5-14-19(16,17)11-4-3-9(8-12)7-10(11)13/h3-4,7,14H,2,5-6,13H2,1H3. The van der Waals surface area contributed by atoms with Gasteiger partial charge in [-0.25, -0.2) is 13.1 Å². The first-order valence-corrected chi connectivity index (χ1v) is 8.52. The van der Waals surface area contributed by atoms with Crippen LogP contribution in [0.3, 0.4) is 0 Å². The summed E-state index contributed by atoms with van der Waals surface area (Å²) in [5.41, 5.74) is 5.92. The molecule has 1 rings (SSSR count). The van der Waals surface area contributed by atoms with Crippen LogP contribution in [0.25, 0.3) is 0 Å². The molecule has 3 N–H and O–H groups in total. The molecular weight excluding hydrogens is 286 g/mol. The van der Waals surface area contributed by atoms with Crippen LogP contribution in [-0.4, -0.2) is 30.7 Å². The molecule has 104 valence electrons. The Labute approximate surface area is 115 Å². The lowest BCUT2D eigenvalue weighted by atomic mass is 10.2. The molecule has 0 aliphatic heterocycles. The van der Waals surface area contributed by atoms with Crippen LogP contribution in [0.1, 0.15) is 12.5 Å². The van der Waals surface area contributed by atoms with Crippen LogP contribution in [-0.2, 0) is 20.8 Å². The first kappa shape index (κ1) is 15.6. The maximum atomic E-state index is 11.9. The Hall–Kier alpha value is -1.43. The van der Waals surface area contributed by atoms with E-state index in [0.717, 1.165) is 0 Å². The van der Waals surface area contributed by atoms with Crippen molar-refractivity contribution in [2.24, 2.45) is 0 Å². The van der Waals surface area contributed by atoms with E-state index in [2.05, 4.69) is 4.72 Å². The average molecular weight is 301 g/mol. The van der Waals surface area contributed by atoms with Gasteiger partial charge < -0.3 is 5.73 Å². The Morgan fingerprint density at radius 1 is 1.47 bits per heavy atom. The van der Waals surface area contributed by atoms with Gasteiger partial charge in [0.05, 0.1) is 17.3 Å². The smallest absolute Gasteiger partial charge is 0.242 e. The second-order valence-corrected chi connectivity index (χ2v) is 7.30. The Balaban J connectivity index is 2.84. The van der Waals surface area contributed by atoms with Crippen LogP contribution in [0.15, 0.2) is 23.1 Å². The van der Waals surface area contributed by atoms with E-state index in [0.29, 0.717) is 11.3 Å². The molecule has 0 aliphatic rings. The molecule has 0 spiro atoms. The zero-order chi connectivity index (χ0) is 14.5. The first-order valence-electron chi connectivity index (χ1n) is 5.55. The Bertz CT molecular complexity index is 621. The third-order valence-electron chi connectivity index (χ3n) is 2.37. The summed E-state index contributed by atoms with van der Waals surface area (Å²) in [5.74, 6) is 0.743. The lowest BCUT2D eigenvalue weighted by Gasteiger charge is -2.08. The predicted octanol–water partition coefficient (Wildman–Crippen LogP) is 0.187. The van der Waals surface area contributed by atoms with Crippen LogP contribution < -0.4 is 10.5 Å². The largest absolute Gasteiger partial charge is 0.398 e. The molecule has 1 aromatic rings. The lowest BCUT2D eigenvalue weighted by molar-refractivity contribution is 0.584. The Morgan fingerprint density at radius 3 is 2.68 bits per heavy atom. The highest BCUT2D eigenvalue weighted by molar-refractivity contribution is 7.89. The molecule has 0 radical (unpaired) electrons. The normalized spacial score (nSPS) is 12.8. The van der Waals surface area contributed by atoms with Crippen LogP contribution in [0, 0.1) is 11.3 Å². The van der Waals surface area contributed by atoms with E-state index in [9.17, 15) is 12.6 Å². The molecule has 0 fully saturated rings. The fourth-order valence-electron chi connectivity index (χ4n) is 1.37. The maximum Gasteiger partial charge on any atom is 0.242 e. The van der Waals surface area contributed by atoms with Crippen molar-refractivity contribution in [1.29, 1.82) is 5.26 Å². The number of hydrogen-bond acceptors (Lipinski definition) is 5. The molecule has 0 saturated heterocycles. The quantitative estimate of drug-likeness (QED) is 0.728. The second kappa shape index (κ2) is 6.65. The van der Waals surface area contributed by atoms with Crippen molar-refractivity contribution in [3.63, 3.8) is 0 Å². The number of hydrogen-bond donors (Lipinski definition) is 2. The van der Waals surface area contributed by atoms with Gasteiger partial charge in [0.1, 0.15) is 4.90 Å². The highest BCUT2D eigenvalue weighted by Gasteiger charge is 2.17. The summed E-state index contributed by atoms with van der Waals surface area (Å²) in [7, 11) is -4.77. The zero-order valence-electron chi connectivity index (χ0n) is 10.4. The fraction of sp³-hybridized carbons (Fsp3) is 0.364. The molecule has 1 aromatic carbocycles.